The summed E-state index contributed by atoms with van der Waals surface area (Å²) in [4.78, 5) is 16.4. The van der Waals surface area contributed by atoms with Crippen molar-refractivity contribution in [2.75, 3.05) is 32.5 Å². The van der Waals surface area contributed by atoms with Crippen LogP contribution >= 0.6 is 23.1 Å². The van der Waals surface area contributed by atoms with E-state index in [-0.39, 0.29) is 11.9 Å². The second-order valence-corrected chi connectivity index (χ2v) is 9.35. The van der Waals surface area contributed by atoms with Gasteiger partial charge in [-0.2, -0.15) is 0 Å². The first kappa shape index (κ1) is 21.9. The summed E-state index contributed by atoms with van der Waals surface area (Å²) in [5, 5.41) is 14.4. The number of carbonyl (C=O) groups excluding carboxylic acids is 1. The number of nitrogens with zero attached hydrogens (tertiary/aromatic N) is 4. The Morgan fingerprint density at radius 1 is 1.23 bits per heavy atom. The molecule has 1 saturated heterocycles. The summed E-state index contributed by atoms with van der Waals surface area (Å²) in [6.07, 6.45) is 2.46. The van der Waals surface area contributed by atoms with E-state index in [1.54, 1.807) is 18.4 Å². The van der Waals surface area contributed by atoms with Crippen LogP contribution in [-0.4, -0.2) is 58.1 Å². The molecule has 0 bridgehead atoms. The van der Waals surface area contributed by atoms with Crippen LogP contribution in [0.2, 0.25) is 0 Å². The molecular formula is C22H27N5O2S2. The number of hydrogen-bond donors (Lipinski definition) is 1. The number of benzene rings is 1. The van der Waals surface area contributed by atoms with Crippen LogP contribution in [0.15, 0.2) is 46.9 Å². The first-order valence-electron chi connectivity index (χ1n) is 10.4. The third-order valence-corrected chi connectivity index (χ3v) is 7.31. The van der Waals surface area contributed by atoms with Gasteiger partial charge in [-0.05, 0) is 68.6 Å². The van der Waals surface area contributed by atoms with Gasteiger partial charge in [-0.25, -0.2) is 0 Å². The topological polar surface area (TPSA) is 72.3 Å². The molecule has 1 amide bonds. The van der Waals surface area contributed by atoms with Crippen molar-refractivity contribution in [2.24, 2.45) is 0 Å². The van der Waals surface area contributed by atoms with E-state index in [0.717, 1.165) is 30.4 Å². The number of thiophene rings is 1. The van der Waals surface area contributed by atoms with Gasteiger partial charge in [0.05, 0.1) is 18.9 Å². The molecule has 9 heteroatoms. The molecule has 1 aromatic carbocycles. The Hall–Kier alpha value is -2.36. The second kappa shape index (κ2) is 10.3. The lowest BCUT2D eigenvalue weighted by Crippen LogP contribution is -2.37. The Morgan fingerprint density at radius 2 is 2.00 bits per heavy atom. The molecule has 31 heavy (non-hydrogen) atoms. The lowest BCUT2D eigenvalue weighted by atomic mass is 10.2. The summed E-state index contributed by atoms with van der Waals surface area (Å²) in [6, 6.07) is 12.2. The van der Waals surface area contributed by atoms with Crippen LogP contribution in [0.3, 0.4) is 0 Å². The number of aryl methyl sites for hydroxylation is 1. The minimum Gasteiger partial charge on any atom is -0.497 e. The van der Waals surface area contributed by atoms with Crippen LogP contribution in [0.4, 0.5) is 0 Å². The summed E-state index contributed by atoms with van der Waals surface area (Å²) in [7, 11) is 1.64. The summed E-state index contributed by atoms with van der Waals surface area (Å²) in [5.74, 6) is 1.87. The Morgan fingerprint density at radius 3 is 2.68 bits per heavy atom. The number of likely N-dealkylation sites (tertiary alicyclic amines) is 1. The number of carbonyl (C=O) groups is 1. The highest BCUT2D eigenvalue weighted by molar-refractivity contribution is 7.99. The zero-order valence-corrected chi connectivity index (χ0v) is 19.4. The van der Waals surface area contributed by atoms with Crippen molar-refractivity contribution < 1.29 is 9.53 Å². The van der Waals surface area contributed by atoms with E-state index in [2.05, 4.69) is 37.9 Å². The van der Waals surface area contributed by atoms with Gasteiger partial charge in [0.1, 0.15) is 11.6 Å². The lowest BCUT2D eigenvalue weighted by Gasteiger charge is -2.26. The molecule has 0 aliphatic carbocycles. The fourth-order valence-electron chi connectivity index (χ4n) is 3.80. The monoisotopic (exact) mass is 457 g/mol. The van der Waals surface area contributed by atoms with Gasteiger partial charge >= 0.3 is 0 Å². The zero-order chi connectivity index (χ0) is 21.6. The van der Waals surface area contributed by atoms with Crippen LogP contribution in [0.25, 0.3) is 5.69 Å². The number of methoxy groups -OCH3 is 1. The van der Waals surface area contributed by atoms with E-state index in [0.29, 0.717) is 17.5 Å². The first-order valence-corrected chi connectivity index (χ1v) is 12.3. The summed E-state index contributed by atoms with van der Waals surface area (Å²) in [5.41, 5.74) is 0.943. The molecule has 2 aromatic heterocycles. The summed E-state index contributed by atoms with van der Waals surface area (Å²) >= 11 is 3.15. The molecule has 0 radical (unpaired) electrons. The normalized spacial score (nSPS) is 15.2. The molecule has 1 unspecified atom stereocenters. The summed E-state index contributed by atoms with van der Waals surface area (Å²) in [6.45, 7) is 4.72. The van der Waals surface area contributed by atoms with E-state index < -0.39 is 0 Å². The van der Waals surface area contributed by atoms with E-state index in [9.17, 15) is 4.79 Å². The average molecular weight is 458 g/mol. The highest BCUT2D eigenvalue weighted by Crippen LogP contribution is 2.28. The second-order valence-electron chi connectivity index (χ2n) is 7.43. The number of ether oxygens (including phenoxy) is 1. The maximum atomic E-state index is 12.6. The van der Waals surface area contributed by atoms with E-state index in [1.165, 1.54) is 29.5 Å². The minimum absolute atomic E-state index is 0.00712. The van der Waals surface area contributed by atoms with Crippen LogP contribution in [0, 0.1) is 6.92 Å². The van der Waals surface area contributed by atoms with Crippen molar-refractivity contribution in [3.05, 3.63) is 52.5 Å². The SMILES string of the molecule is COc1ccc(-n2c(C)nnc2SCC(=O)NCC(c2cccs2)N2CCCC2)cc1. The van der Waals surface area contributed by atoms with E-state index in [1.807, 2.05) is 35.8 Å². The van der Waals surface area contributed by atoms with Gasteiger partial charge < -0.3 is 10.1 Å². The predicted molar refractivity (Wildman–Crippen MR) is 124 cm³/mol. The van der Waals surface area contributed by atoms with Crippen molar-refractivity contribution >= 4 is 29.0 Å². The number of hydrogen-bond acceptors (Lipinski definition) is 7. The molecule has 0 saturated carbocycles. The molecule has 1 atom stereocenters. The average Bonchev–Trinajstić information content (AvgIpc) is 3.56. The fraction of sp³-hybridized carbons (Fsp3) is 0.409. The maximum absolute atomic E-state index is 12.6. The molecule has 1 N–H and O–H groups in total. The van der Waals surface area contributed by atoms with Crippen LogP contribution in [-0.2, 0) is 4.79 Å². The molecule has 1 fully saturated rings. The largest absolute Gasteiger partial charge is 0.497 e. The molecule has 7 nitrogen and oxygen atoms in total. The smallest absolute Gasteiger partial charge is 0.230 e. The van der Waals surface area contributed by atoms with E-state index >= 15 is 0 Å². The highest BCUT2D eigenvalue weighted by atomic mass is 32.2. The number of aromatic nitrogens is 3. The fourth-order valence-corrected chi connectivity index (χ4v) is 5.49. The Balaban J connectivity index is 1.36. The van der Waals surface area contributed by atoms with Gasteiger partial charge in [-0.1, -0.05) is 17.8 Å². The van der Waals surface area contributed by atoms with Gasteiger partial charge in [0.2, 0.25) is 5.91 Å². The molecule has 164 valence electrons. The lowest BCUT2D eigenvalue weighted by molar-refractivity contribution is -0.118. The van der Waals surface area contributed by atoms with Crippen molar-refractivity contribution in [3.8, 4) is 11.4 Å². The number of nitrogens with one attached hydrogen (secondary N) is 1. The predicted octanol–water partition coefficient (Wildman–Crippen LogP) is 3.69. The molecule has 3 heterocycles. The molecular weight excluding hydrogens is 430 g/mol. The highest BCUT2D eigenvalue weighted by Gasteiger charge is 2.24. The molecule has 4 rings (SSSR count). The first-order chi connectivity index (χ1) is 15.2. The quantitative estimate of drug-likeness (QED) is 0.494. The zero-order valence-electron chi connectivity index (χ0n) is 17.8. The van der Waals surface area contributed by atoms with Crippen molar-refractivity contribution in [1.82, 2.24) is 25.0 Å². The Bertz CT molecular complexity index is 982. The molecule has 1 aliphatic heterocycles. The van der Waals surface area contributed by atoms with E-state index in [4.69, 9.17) is 4.74 Å². The van der Waals surface area contributed by atoms with Crippen LogP contribution < -0.4 is 10.1 Å². The number of thioether (sulfide) groups is 1. The number of amides is 1. The standard InChI is InChI=1S/C22H27N5O2S2/c1-16-24-25-22(27(16)17-7-9-18(29-2)10-8-17)31-15-21(28)23-14-19(20-6-5-13-30-20)26-11-3-4-12-26/h5-10,13,19H,3-4,11-12,14-15H2,1-2H3,(H,23,28). The minimum atomic E-state index is 0.00712. The molecule has 3 aromatic rings. The third kappa shape index (κ3) is 5.28. The van der Waals surface area contributed by atoms with Crippen LogP contribution in [0.1, 0.15) is 29.6 Å². The van der Waals surface area contributed by atoms with Gasteiger partial charge in [0, 0.05) is 17.1 Å². The van der Waals surface area contributed by atoms with Gasteiger partial charge in [0.15, 0.2) is 5.16 Å². The maximum Gasteiger partial charge on any atom is 0.230 e. The van der Waals surface area contributed by atoms with Crippen molar-refractivity contribution in [1.29, 1.82) is 0 Å². The van der Waals surface area contributed by atoms with Crippen LogP contribution in [0.5, 0.6) is 5.75 Å². The van der Waals surface area contributed by atoms with Crippen molar-refractivity contribution in [2.45, 2.75) is 31.0 Å². The Kier molecular flexibility index (Phi) is 7.26. The van der Waals surface area contributed by atoms with Crippen molar-refractivity contribution in [3.63, 3.8) is 0 Å². The number of rotatable bonds is 9. The van der Waals surface area contributed by atoms with Gasteiger partial charge in [-0.15, -0.1) is 21.5 Å². The molecule has 1 aliphatic rings. The Labute approximate surface area is 190 Å². The molecule has 0 spiro atoms. The third-order valence-electron chi connectivity index (χ3n) is 5.40. The van der Waals surface area contributed by atoms with Gasteiger partial charge in [0.25, 0.3) is 0 Å². The summed E-state index contributed by atoms with van der Waals surface area (Å²) < 4.78 is 7.19. The van der Waals surface area contributed by atoms with Gasteiger partial charge in [-0.3, -0.25) is 14.3 Å².